The molecule has 0 spiro atoms. The molecule has 2 saturated heterocycles. The summed E-state index contributed by atoms with van der Waals surface area (Å²) in [5.74, 6) is 2.07. The van der Waals surface area contributed by atoms with Gasteiger partial charge in [0.15, 0.2) is 5.96 Å². The molecular weight excluding hydrogens is 531 g/mol. The number of hydrogen-bond donors (Lipinski definition) is 1. The summed E-state index contributed by atoms with van der Waals surface area (Å²) < 4.78 is 11.1. The fraction of sp³-hybridized carbons (Fsp3) is 0.750. The van der Waals surface area contributed by atoms with Gasteiger partial charge in [-0.25, -0.2) is 9.98 Å². The van der Waals surface area contributed by atoms with Crippen LogP contribution in [-0.4, -0.2) is 99.5 Å². The second-order valence-corrected chi connectivity index (χ2v) is 8.52. The van der Waals surface area contributed by atoms with Gasteiger partial charge in [-0.2, -0.15) is 0 Å². The summed E-state index contributed by atoms with van der Waals surface area (Å²) in [5.41, 5.74) is 1.21. The van der Waals surface area contributed by atoms with Gasteiger partial charge in [-0.1, -0.05) is 6.92 Å². The van der Waals surface area contributed by atoms with Gasteiger partial charge in [0, 0.05) is 72.3 Å². The molecular formula is C24H43IN6O2. The maximum atomic E-state index is 6.01. The van der Waals surface area contributed by atoms with Crippen molar-refractivity contribution in [3.05, 3.63) is 23.9 Å². The van der Waals surface area contributed by atoms with Crippen LogP contribution in [0.1, 0.15) is 38.7 Å². The molecule has 3 rings (SSSR count). The summed E-state index contributed by atoms with van der Waals surface area (Å²) in [6.07, 6.45) is 5.32. The standard InChI is InChI=1S/C24H42N6O2.HI/c1-4-25-24(30-11-8-22(9-12-30)32-18-6-17-31-3)27-20-21-7-10-26-23(19-21)29-15-13-28(5-2)14-16-29;/h7,10,19,22H,4-6,8-9,11-18,20H2,1-3H3,(H,25,27);1H. The molecule has 0 radical (unpaired) electrons. The van der Waals surface area contributed by atoms with Crippen molar-refractivity contribution in [3.63, 3.8) is 0 Å². The molecule has 2 aliphatic heterocycles. The molecule has 188 valence electrons. The van der Waals surface area contributed by atoms with E-state index in [0.29, 0.717) is 12.6 Å². The van der Waals surface area contributed by atoms with Crippen LogP contribution in [0.3, 0.4) is 0 Å². The van der Waals surface area contributed by atoms with E-state index in [2.05, 4.69) is 51.0 Å². The second kappa shape index (κ2) is 15.7. The molecule has 0 saturated carbocycles. The Balaban J connectivity index is 0.00000385. The fourth-order valence-electron chi connectivity index (χ4n) is 4.30. The van der Waals surface area contributed by atoms with Crippen molar-refractivity contribution >= 4 is 35.8 Å². The number of pyridine rings is 1. The van der Waals surface area contributed by atoms with Crippen LogP contribution < -0.4 is 10.2 Å². The fourth-order valence-corrected chi connectivity index (χ4v) is 4.30. The van der Waals surface area contributed by atoms with Crippen LogP contribution in [0.5, 0.6) is 0 Å². The third kappa shape index (κ3) is 9.18. The lowest BCUT2D eigenvalue weighted by atomic mass is 10.1. The molecule has 0 aliphatic carbocycles. The number of nitrogens with one attached hydrogen (secondary N) is 1. The van der Waals surface area contributed by atoms with E-state index in [1.54, 1.807) is 7.11 Å². The van der Waals surface area contributed by atoms with E-state index in [1.807, 2.05) is 6.20 Å². The number of nitrogens with zero attached hydrogens (tertiary/aromatic N) is 5. The van der Waals surface area contributed by atoms with Crippen molar-refractivity contribution in [1.29, 1.82) is 0 Å². The highest BCUT2D eigenvalue weighted by Crippen LogP contribution is 2.17. The topological polar surface area (TPSA) is 65.5 Å². The van der Waals surface area contributed by atoms with Crippen molar-refractivity contribution in [2.45, 2.75) is 45.8 Å². The highest BCUT2D eigenvalue weighted by molar-refractivity contribution is 14.0. The predicted octanol–water partition coefficient (Wildman–Crippen LogP) is 2.82. The zero-order valence-electron chi connectivity index (χ0n) is 20.7. The van der Waals surface area contributed by atoms with Gasteiger partial charge < -0.3 is 29.5 Å². The van der Waals surface area contributed by atoms with Crippen molar-refractivity contribution in [3.8, 4) is 0 Å². The predicted molar refractivity (Wildman–Crippen MR) is 146 cm³/mol. The minimum absolute atomic E-state index is 0. The number of ether oxygens (including phenoxy) is 2. The summed E-state index contributed by atoms with van der Waals surface area (Å²) in [6, 6.07) is 4.29. The molecule has 1 N–H and O–H groups in total. The number of methoxy groups -OCH3 is 1. The van der Waals surface area contributed by atoms with E-state index < -0.39 is 0 Å². The van der Waals surface area contributed by atoms with Crippen LogP contribution in [0.25, 0.3) is 0 Å². The normalized spacial score (nSPS) is 18.3. The molecule has 2 aliphatic rings. The van der Waals surface area contributed by atoms with Crippen LogP contribution >= 0.6 is 24.0 Å². The van der Waals surface area contributed by atoms with Crippen LogP contribution in [0.2, 0.25) is 0 Å². The first-order valence-electron chi connectivity index (χ1n) is 12.3. The molecule has 1 aromatic heterocycles. The van der Waals surface area contributed by atoms with Gasteiger partial charge in [-0.3, -0.25) is 0 Å². The summed E-state index contributed by atoms with van der Waals surface area (Å²) in [5, 5.41) is 3.47. The Morgan fingerprint density at radius 3 is 2.55 bits per heavy atom. The van der Waals surface area contributed by atoms with Crippen molar-refractivity contribution in [1.82, 2.24) is 20.1 Å². The van der Waals surface area contributed by atoms with Gasteiger partial charge in [0.25, 0.3) is 0 Å². The highest BCUT2D eigenvalue weighted by Gasteiger charge is 2.22. The van der Waals surface area contributed by atoms with Crippen LogP contribution in [-0.2, 0) is 16.0 Å². The monoisotopic (exact) mass is 574 g/mol. The average Bonchev–Trinajstić information content (AvgIpc) is 2.85. The molecule has 8 nitrogen and oxygen atoms in total. The van der Waals surface area contributed by atoms with E-state index in [0.717, 1.165) is 96.6 Å². The lowest BCUT2D eigenvalue weighted by molar-refractivity contribution is 0.00990. The van der Waals surface area contributed by atoms with Gasteiger partial charge in [-0.05, 0) is 50.4 Å². The van der Waals surface area contributed by atoms with Crippen LogP contribution in [0.4, 0.5) is 5.82 Å². The second-order valence-electron chi connectivity index (χ2n) is 8.52. The number of anilines is 1. The lowest BCUT2D eigenvalue weighted by Gasteiger charge is -2.35. The molecule has 0 unspecified atom stereocenters. The van der Waals surface area contributed by atoms with Crippen molar-refractivity contribution in [2.24, 2.45) is 4.99 Å². The Kier molecular flexibility index (Phi) is 13.3. The Labute approximate surface area is 217 Å². The summed E-state index contributed by atoms with van der Waals surface area (Å²) in [7, 11) is 1.74. The number of guanidine groups is 1. The number of hydrogen-bond acceptors (Lipinski definition) is 6. The number of halogens is 1. The molecule has 0 bridgehead atoms. The third-order valence-corrected chi connectivity index (χ3v) is 6.29. The Morgan fingerprint density at radius 2 is 1.88 bits per heavy atom. The third-order valence-electron chi connectivity index (χ3n) is 6.29. The van der Waals surface area contributed by atoms with Gasteiger partial charge in [0.05, 0.1) is 12.6 Å². The first-order chi connectivity index (χ1) is 15.7. The quantitative estimate of drug-likeness (QED) is 0.200. The molecule has 0 aromatic carbocycles. The van der Waals surface area contributed by atoms with Gasteiger partial charge in [-0.15, -0.1) is 24.0 Å². The smallest absolute Gasteiger partial charge is 0.194 e. The summed E-state index contributed by atoms with van der Waals surface area (Å²) in [4.78, 5) is 16.8. The van der Waals surface area contributed by atoms with Crippen molar-refractivity contribution in [2.75, 3.05) is 77.6 Å². The number of piperidine rings is 1. The van der Waals surface area contributed by atoms with Crippen LogP contribution in [0.15, 0.2) is 23.3 Å². The Hall–Kier alpha value is -1.17. The number of likely N-dealkylation sites (N-methyl/N-ethyl adjacent to an activating group) is 1. The number of aromatic nitrogens is 1. The van der Waals surface area contributed by atoms with E-state index in [9.17, 15) is 0 Å². The maximum absolute atomic E-state index is 6.01. The zero-order valence-corrected chi connectivity index (χ0v) is 23.0. The van der Waals surface area contributed by atoms with Gasteiger partial charge in [0.1, 0.15) is 5.82 Å². The minimum Gasteiger partial charge on any atom is -0.385 e. The van der Waals surface area contributed by atoms with E-state index in [4.69, 9.17) is 14.5 Å². The van der Waals surface area contributed by atoms with Gasteiger partial charge in [0.2, 0.25) is 0 Å². The summed E-state index contributed by atoms with van der Waals surface area (Å²) in [6.45, 7) is 14.8. The maximum Gasteiger partial charge on any atom is 0.194 e. The number of rotatable bonds is 10. The van der Waals surface area contributed by atoms with E-state index >= 15 is 0 Å². The Bertz CT molecular complexity index is 691. The molecule has 9 heteroatoms. The molecule has 33 heavy (non-hydrogen) atoms. The van der Waals surface area contributed by atoms with E-state index in [1.165, 1.54) is 5.56 Å². The minimum atomic E-state index is 0. The number of aliphatic imine (C=N–C) groups is 1. The lowest BCUT2D eigenvalue weighted by Crippen LogP contribution is -2.47. The van der Waals surface area contributed by atoms with Crippen LogP contribution in [0, 0.1) is 0 Å². The first kappa shape index (κ1) is 28.1. The number of piperazine rings is 1. The molecule has 3 heterocycles. The molecule has 0 amide bonds. The molecule has 1 aromatic rings. The first-order valence-corrected chi connectivity index (χ1v) is 12.3. The zero-order chi connectivity index (χ0) is 22.6. The summed E-state index contributed by atoms with van der Waals surface area (Å²) >= 11 is 0. The SMILES string of the molecule is CCNC(=NCc1ccnc(N2CCN(CC)CC2)c1)N1CCC(OCCCOC)CC1.I. The largest absolute Gasteiger partial charge is 0.385 e. The highest BCUT2D eigenvalue weighted by atomic mass is 127. The number of likely N-dealkylation sites (tertiary alicyclic amines) is 1. The van der Waals surface area contributed by atoms with Gasteiger partial charge >= 0.3 is 0 Å². The molecule has 2 fully saturated rings. The molecule has 0 atom stereocenters. The average molecular weight is 575 g/mol. The van der Waals surface area contributed by atoms with Crippen molar-refractivity contribution < 1.29 is 9.47 Å². The van der Waals surface area contributed by atoms with E-state index in [-0.39, 0.29) is 24.0 Å². The Morgan fingerprint density at radius 1 is 1.12 bits per heavy atom.